The number of benzene rings is 1. The molecule has 0 radical (unpaired) electrons. The first-order valence-corrected chi connectivity index (χ1v) is 13.6. The van der Waals surface area contributed by atoms with Gasteiger partial charge in [-0.3, -0.25) is 4.79 Å². The highest BCUT2D eigenvalue weighted by Crippen LogP contribution is 2.37. The van der Waals surface area contributed by atoms with Gasteiger partial charge in [-0.25, -0.2) is 8.42 Å². The zero-order valence-electron chi connectivity index (χ0n) is 18.1. The molecule has 1 aliphatic carbocycles. The maximum atomic E-state index is 13.3. The molecule has 3 heterocycles. The summed E-state index contributed by atoms with van der Waals surface area (Å²) in [7, 11) is -3.70. The predicted octanol–water partition coefficient (Wildman–Crippen LogP) is 3.78. The second-order valence-corrected chi connectivity index (χ2v) is 11.7. The van der Waals surface area contributed by atoms with Crippen molar-refractivity contribution in [1.29, 1.82) is 0 Å². The molecule has 1 aliphatic heterocycles. The Bertz CT molecular complexity index is 1220. The molecule has 8 nitrogen and oxygen atoms in total. The molecule has 0 unspecified atom stereocenters. The van der Waals surface area contributed by atoms with E-state index in [1.165, 1.54) is 10.7 Å². The Kier molecular flexibility index (Phi) is 6.31. The molecule has 1 saturated carbocycles. The van der Waals surface area contributed by atoms with Crippen LogP contribution in [0.15, 0.2) is 50.5 Å². The first kappa shape index (κ1) is 22.2. The summed E-state index contributed by atoms with van der Waals surface area (Å²) >= 11 is 1.15. The minimum atomic E-state index is -3.70. The van der Waals surface area contributed by atoms with Gasteiger partial charge < -0.3 is 9.84 Å². The lowest BCUT2D eigenvalue weighted by Crippen LogP contribution is -2.45. The van der Waals surface area contributed by atoms with Gasteiger partial charge in [-0.15, -0.1) is 11.3 Å². The zero-order valence-corrected chi connectivity index (χ0v) is 19.8. The van der Waals surface area contributed by atoms with Crippen molar-refractivity contribution in [2.45, 2.75) is 48.8 Å². The fourth-order valence-electron chi connectivity index (χ4n) is 4.17. The second kappa shape index (κ2) is 9.36. The monoisotopic (exact) mass is 486 g/mol. The number of rotatable bonds is 7. The Labute approximate surface area is 197 Å². The number of aromatic nitrogens is 2. The molecular formula is C23H26N4O4S2. The van der Waals surface area contributed by atoms with Crippen molar-refractivity contribution in [3.8, 4) is 11.4 Å². The van der Waals surface area contributed by atoms with E-state index in [-0.39, 0.29) is 22.6 Å². The Hall–Kier alpha value is -2.56. The molecule has 33 heavy (non-hydrogen) atoms. The van der Waals surface area contributed by atoms with Gasteiger partial charge in [-0.2, -0.15) is 9.29 Å². The van der Waals surface area contributed by atoms with Crippen LogP contribution in [0.4, 0.5) is 0 Å². The molecular weight excluding hydrogens is 460 g/mol. The van der Waals surface area contributed by atoms with E-state index in [0.717, 1.165) is 29.7 Å². The van der Waals surface area contributed by atoms with Crippen LogP contribution >= 0.6 is 11.3 Å². The van der Waals surface area contributed by atoms with E-state index >= 15 is 0 Å². The number of sulfonamides is 1. The summed E-state index contributed by atoms with van der Waals surface area (Å²) in [5.41, 5.74) is 1.65. The van der Waals surface area contributed by atoms with Gasteiger partial charge >= 0.3 is 0 Å². The molecule has 1 atom stereocenters. The minimum Gasteiger partial charge on any atom is -0.352 e. The molecule has 1 amide bonds. The van der Waals surface area contributed by atoms with Crippen LogP contribution in [0, 0.1) is 5.92 Å². The smallest absolute Gasteiger partial charge is 0.252 e. The van der Waals surface area contributed by atoms with Crippen LogP contribution < -0.4 is 5.32 Å². The van der Waals surface area contributed by atoms with E-state index in [1.54, 1.807) is 11.4 Å². The fourth-order valence-corrected chi connectivity index (χ4v) is 7.01. The van der Waals surface area contributed by atoms with Crippen molar-refractivity contribution in [3.63, 3.8) is 0 Å². The molecule has 10 heteroatoms. The number of carbonyl (C=O) groups is 1. The number of carbonyl (C=O) groups excluding carboxylic acids is 1. The topological polar surface area (TPSA) is 105 Å². The Morgan fingerprint density at radius 3 is 2.76 bits per heavy atom. The molecule has 174 valence electrons. The van der Waals surface area contributed by atoms with E-state index in [9.17, 15) is 13.2 Å². The normalized spacial score (nSPS) is 19.8. The predicted molar refractivity (Wildman–Crippen MR) is 124 cm³/mol. The molecule has 2 fully saturated rings. The standard InChI is InChI=1S/C23H26N4O4S2/c28-22(24-13-16-6-2-1-3-7-16)18-10-5-11-27(14-18)33(29,30)20-12-19(15-32-20)21-25-23(31-26-21)17-8-4-9-17/h1-3,6-7,12,15,17-18H,4-5,8-11,13-14H2,(H,24,28)/t18-/m1/s1. The number of nitrogens with one attached hydrogen (secondary N) is 1. The third kappa shape index (κ3) is 4.73. The Morgan fingerprint density at radius 2 is 2.00 bits per heavy atom. The summed E-state index contributed by atoms with van der Waals surface area (Å²) in [5.74, 6) is 0.907. The van der Waals surface area contributed by atoms with E-state index in [0.29, 0.717) is 49.1 Å². The third-order valence-corrected chi connectivity index (χ3v) is 9.67. The lowest BCUT2D eigenvalue weighted by atomic mass is 9.85. The number of piperidine rings is 1. The highest BCUT2D eigenvalue weighted by Gasteiger charge is 2.34. The summed E-state index contributed by atoms with van der Waals surface area (Å²) in [4.78, 5) is 17.2. The number of amides is 1. The van der Waals surface area contributed by atoms with Crippen LogP contribution in [-0.2, 0) is 21.4 Å². The summed E-state index contributed by atoms with van der Waals surface area (Å²) in [6.45, 7) is 1.03. The van der Waals surface area contributed by atoms with Crippen molar-refractivity contribution in [2.75, 3.05) is 13.1 Å². The van der Waals surface area contributed by atoms with Gasteiger partial charge in [0, 0.05) is 36.5 Å². The van der Waals surface area contributed by atoms with Gasteiger partial charge in [0.2, 0.25) is 17.6 Å². The third-order valence-electron chi connectivity index (χ3n) is 6.39. The molecule has 1 saturated heterocycles. The first-order valence-electron chi connectivity index (χ1n) is 11.2. The number of thiophene rings is 1. The van der Waals surface area contributed by atoms with Gasteiger partial charge in [0.25, 0.3) is 10.0 Å². The largest absolute Gasteiger partial charge is 0.352 e. The SMILES string of the molecule is O=C(NCc1ccccc1)[C@@H]1CCCN(S(=O)(=O)c2cc(-c3noc(C4CCC4)n3)cs2)C1. The highest BCUT2D eigenvalue weighted by molar-refractivity contribution is 7.91. The summed E-state index contributed by atoms with van der Waals surface area (Å²) in [6.07, 6.45) is 4.61. The van der Waals surface area contributed by atoms with E-state index in [4.69, 9.17) is 4.52 Å². The van der Waals surface area contributed by atoms with Gasteiger partial charge in [0.05, 0.1) is 5.92 Å². The quantitative estimate of drug-likeness (QED) is 0.545. The Morgan fingerprint density at radius 1 is 1.18 bits per heavy atom. The van der Waals surface area contributed by atoms with E-state index in [2.05, 4.69) is 15.5 Å². The van der Waals surface area contributed by atoms with Gasteiger partial charge in [0.15, 0.2) is 0 Å². The zero-order chi connectivity index (χ0) is 22.8. The molecule has 0 bridgehead atoms. The molecule has 2 aromatic heterocycles. The van der Waals surface area contributed by atoms with Crippen LogP contribution in [0.5, 0.6) is 0 Å². The van der Waals surface area contributed by atoms with E-state index in [1.807, 2.05) is 30.3 Å². The lowest BCUT2D eigenvalue weighted by molar-refractivity contribution is -0.126. The van der Waals surface area contributed by atoms with Gasteiger partial charge in [-0.05, 0) is 37.3 Å². The molecule has 1 aromatic carbocycles. The first-order chi connectivity index (χ1) is 16.0. The van der Waals surface area contributed by atoms with E-state index < -0.39 is 10.0 Å². The van der Waals surface area contributed by atoms with Crippen LogP contribution in [0.25, 0.3) is 11.4 Å². The average Bonchev–Trinajstić information content (AvgIpc) is 3.47. The highest BCUT2D eigenvalue weighted by atomic mass is 32.2. The lowest BCUT2D eigenvalue weighted by Gasteiger charge is -2.30. The molecule has 1 N–H and O–H groups in total. The van der Waals surface area contributed by atoms with Crippen LogP contribution in [-0.4, -0.2) is 41.9 Å². The second-order valence-electron chi connectivity index (χ2n) is 8.64. The van der Waals surface area contributed by atoms with Gasteiger partial charge in [-0.1, -0.05) is 41.9 Å². The molecule has 5 rings (SSSR count). The number of hydrogen-bond acceptors (Lipinski definition) is 7. The van der Waals surface area contributed by atoms with Crippen molar-refractivity contribution in [1.82, 2.24) is 19.8 Å². The van der Waals surface area contributed by atoms with Crippen molar-refractivity contribution in [2.24, 2.45) is 5.92 Å². The maximum absolute atomic E-state index is 13.3. The van der Waals surface area contributed by atoms with Crippen molar-refractivity contribution >= 4 is 27.3 Å². The maximum Gasteiger partial charge on any atom is 0.252 e. The average molecular weight is 487 g/mol. The minimum absolute atomic E-state index is 0.110. The number of nitrogens with zero attached hydrogens (tertiary/aromatic N) is 3. The molecule has 3 aromatic rings. The van der Waals surface area contributed by atoms with Crippen LogP contribution in [0.3, 0.4) is 0 Å². The summed E-state index contributed by atoms with van der Waals surface area (Å²) in [6, 6.07) is 11.3. The fraction of sp³-hybridized carbons (Fsp3) is 0.435. The molecule has 2 aliphatic rings. The van der Waals surface area contributed by atoms with Crippen LogP contribution in [0.2, 0.25) is 0 Å². The number of hydrogen-bond donors (Lipinski definition) is 1. The summed E-state index contributed by atoms with van der Waals surface area (Å²) in [5, 5.41) is 8.73. The Balaban J connectivity index is 1.24. The van der Waals surface area contributed by atoms with Gasteiger partial charge in [0.1, 0.15) is 4.21 Å². The summed E-state index contributed by atoms with van der Waals surface area (Å²) < 4.78 is 33.6. The van der Waals surface area contributed by atoms with Crippen molar-refractivity contribution < 1.29 is 17.7 Å². The molecule has 0 spiro atoms. The van der Waals surface area contributed by atoms with Crippen LogP contribution in [0.1, 0.15) is 49.5 Å². The van der Waals surface area contributed by atoms with Crippen molar-refractivity contribution in [3.05, 3.63) is 53.2 Å².